The van der Waals surface area contributed by atoms with Crippen molar-refractivity contribution in [3.63, 3.8) is 0 Å². The second kappa shape index (κ2) is 7.43. The van der Waals surface area contributed by atoms with Gasteiger partial charge in [-0.15, -0.1) is 0 Å². The van der Waals surface area contributed by atoms with Crippen molar-refractivity contribution in [2.45, 2.75) is 12.6 Å². The Bertz CT molecular complexity index is 573. The van der Waals surface area contributed by atoms with Crippen LogP contribution in [-0.2, 0) is 15.8 Å². The number of benzene rings is 1. The highest BCUT2D eigenvalue weighted by molar-refractivity contribution is 5.96. The Balaban J connectivity index is 2.52. The molecule has 0 aliphatic carbocycles. The summed E-state index contributed by atoms with van der Waals surface area (Å²) in [5, 5.41) is 4.50. The normalized spacial score (nSPS) is 10.9. The third-order valence-electron chi connectivity index (χ3n) is 2.56. The third kappa shape index (κ3) is 5.81. The van der Waals surface area contributed by atoms with Crippen LogP contribution in [0.3, 0.4) is 0 Å². The molecular weight excluding hydrogens is 303 g/mol. The first-order valence-electron chi connectivity index (χ1n) is 6.20. The maximum atomic E-state index is 12.5. The highest BCUT2D eigenvalue weighted by atomic mass is 19.4. The van der Waals surface area contributed by atoms with E-state index in [1.165, 1.54) is 6.07 Å². The molecule has 4 N–H and O–H groups in total. The molecule has 0 bridgehead atoms. The number of nitrogens with one attached hydrogen (secondary N) is 2. The average Bonchev–Trinajstić information content (AvgIpc) is 2.43. The summed E-state index contributed by atoms with van der Waals surface area (Å²) in [5.74, 6) is -1.98. The Kier molecular flexibility index (Phi) is 5.90. The SMILES string of the molecule is NC(=O)CCNC(=O)CNC(=O)c1cccc(C(F)(F)F)c1. The van der Waals surface area contributed by atoms with Gasteiger partial charge in [-0.1, -0.05) is 6.07 Å². The van der Waals surface area contributed by atoms with Crippen molar-refractivity contribution < 1.29 is 27.6 Å². The van der Waals surface area contributed by atoms with Crippen molar-refractivity contribution in [3.8, 4) is 0 Å². The first-order valence-corrected chi connectivity index (χ1v) is 6.20. The molecule has 1 aromatic rings. The Hall–Kier alpha value is -2.58. The van der Waals surface area contributed by atoms with E-state index in [1.807, 2.05) is 0 Å². The van der Waals surface area contributed by atoms with Gasteiger partial charge in [0, 0.05) is 18.5 Å². The molecule has 0 saturated carbocycles. The summed E-state index contributed by atoms with van der Waals surface area (Å²) in [5.41, 5.74) is 3.71. The standard InChI is InChI=1S/C13H14F3N3O3/c14-13(15,16)9-3-1-2-8(6-9)12(22)19-7-11(21)18-5-4-10(17)20/h1-3,6H,4-5,7H2,(H2,17,20)(H,18,21)(H,19,22). The van der Waals surface area contributed by atoms with E-state index in [4.69, 9.17) is 5.73 Å². The van der Waals surface area contributed by atoms with E-state index >= 15 is 0 Å². The summed E-state index contributed by atoms with van der Waals surface area (Å²) in [6.07, 6.45) is -4.60. The molecule has 9 heteroatoms. The second-order valence-corrected chi connectivity index (χ2v) is 4.33. The summed E-state index contributed by atoms with van der Waals surface area (Å²) in [6.45, 7) is -0.401. The lowest BCUT2D eigenvalue weighted by Crippen LogP contribution is -2.38. The summed E-state index contributed by atoms with van der Waals surface area (Å²) in [4.78, 5) is 33.5. The Morgan fingerprint density at radius 1 is 1.14 bits per heavy atom. The van der Waals surface area contributed by atoms with Gasteiger partial charge in [0.1, 0.15) is 0 Å². The van der Waals surface area contributed by atoms with E-state index in [1.54, 1.807) is 0 Å². The average molecular weight is 317 g/mol. The van der Waals surface area contributed by atoms with Crippen molar-refractivity contribution in [1.82, 2.24) is 10.6 Å². The van der Waals surface area contributed by atoms with E-state index in [0.29, 0.717) is 6.07 Å². The van der Waals surface area contributed by atoms with E-state index in [-0.39, 0.29) is 18.5 Å². The molecule has 0 heterocycles. The van der Waals surface area contributed by atoms with Gasteiger partial charge in [0.15, 0.2) is 0 Å². The van der Waals surface area contributed by atoms with Crippen LogP contribution in [0.15, 0.2) is 24.3 Å². The number of rotatable bonds is 6. The number of primary amides is 1. The second-order valence-electron chi connectivity index (χ2n) is 4.33. The molecular formula is C13H14F3N3O3. The largest absolute Gasteiger partial charge is 0.416 e. The first-order chi connectivity index (χ1) is 10.2. The van der Waals surface area contributed by atoms with Crippen molar-refractivity contribution in [3.05, 3.63) is 35.4 Å². The fourth-order valence-corrected chi connectivity index (χ4v) is 1.49. The summed E-state index contributed by atoms with van der Waals surface area (Å²) < 4.78 is 37.5. The number of hydrogen-bond donors (Lipinski definition) is 3. The van der Waals surface area contributed by atoms with Crippen LogP contribution in [0.2, 0.25) is 0 Å². The maximum Gasteiger partial charge on any atom is 0.416 e. The molecule has 0 aromatic heterocycles. The zero-order valence-electron chi connectivity index (χ0n) is 11.4. The quantitative estimate of drug-likeness (QED) is 0.709. The number of nitrogens with two attached hydrogens (primary N) is 1. The molecule has 0 unspecified atom stereocenters. The van der Waals surface area contributed by atoms with Crippen molar-refractivity contribution in [2.75, 3.05) is 13.1 Å². The maximum absolute atomic E-state index is 12.5. The number of carbonyl (C=O) groups is 3. The van der Waals surface area contributed by atoms with Crippen LogP contribution in [0, 0.1) is 0 Å². The molecule has 22 heavy (non-hydrogen) atoms. The van der Waals surface area contributed by atoms with Crippen LogP contribution in [0.1, 0.15) is 22.3 Å². The van der Waals surface area contributed by atoms with E-state index in [9.17, 15) is 27.6 Å². The molecule has 1 rings (SSSR count). The summed E-state index contributed by atoms with van der Waals surface area (Å²) >= 11 is 0. The smallest absolute Gasteiger partial charge is 0.370 e. The zero-order valence-corrected chi connectivity index (χ0v) is 11.4. The number of amides is 3. The monoisotopic (exact) mass is 317 g/mol. The van der Waals surface area contributed by atoms with Crippen LogP contribution >= 0.6 is 0 Å². The lowest BCUT2D eigenvalue weighted by atomic mass is 10.1. The van der Waals surface area contributed by atoms with Gasteiger partial charge in [0.05, 0.1) is 12.1 Å². The number of carbonyl (C=O) groups excluding carboxylic acids is 3. The van der Waals surface area contributed by atoms with Gasteiger partial charge in [-0.3, -0.25) is 14.4 Å². The highest BCUT2D eigenvalue weighted by Gasteiger charge is 2.30. The molecule has 0 spiro atoms. The molecule has 0 aliphatic rings. The molecule has 0 saturated heterocycles. The fourth-order valence-electron chi connectivity index (χ4n) is 1.49. The van der Waals surface area contributed by atoms with Crippen LogP contribution in [-0.4, -0.2) is 30.8 Å². The summed E-state index contributed by atoms with van der Waals surface area (Å²) in [7, 11) is 0. The molecule has 120 valence electrons. The molecule has 1 aromatic carbocycles. The topological polar surface area (TPSA) is 101 Å². The van der Waals surface area contributed by atoms with Crippen molar-refractivity contribution >= 4 is 17.7 Å². The first kappa shape index (κ1) is 17.5. The fraction of sp³-hybridized carbons (Fsp3) is 0.308. The van der Waals surface area contributed by atoms with Gasteiger partial charge in [-0.05, 0) is 18.2 Å². The van der Waals surface area contributed by atoms with Gasteiger partial charge in [-0.2, -0.15) is 13.2 Å². The molecule has 6 nitrogen and oxygen atoms in total. The highest BCUT2D eigenvalue weighted by Crippen LogP contribution is 2.29. The minimum atomic E-state index is -4.55. The Morgan fingerprint density at radius 3 is 2.41 bits per heavy atom. The predicted molar refractivity (Wildman–Crippen MR) is 70.6 cm³/mol. The van der Waals surface area contributed by atoms with Crippen LogP contribution in [0.25, 0.3) is 0 Å². The molecule has 0 atom stereocenters. The van der Waals surface area contributed by atoms with E-state index < -0.39 is 36.0 Å². The van der Waals surface area contributed by atoms with Crippen molar-refractivity contribution in [2.24, 2.45) is 5.73 Å². The third-order valence-corrected chi connectivity index (χ3v) is 2.56. The minimum absolute atomic E-state index is 0.0214. The van der Waals surface area contributed by atoms with Gasteiger partial charge in [-0.25, -0.2) is 0 Å². The summed E-state index contributed by atoms with van der Waals surface area (Å²) in [6, 6.07) is 3.84. The van der Waals surface area contributed by atoms with Gasteiger partial charge in [0.25, 0.3) is 5.91 Å². The van der Waals surface area contributed by atoms with Crippen LogP contribution in [0.4, 0.5) is 13.2 Å². The van der Waals surface area contributed by atoms with Gasteiger partial charge in [0.2, 0.25) is 11.8 Å². The lowest BCUT2D eigenvalue weighted by Gasteiger charge is -2.09. The predicted octanol–water partition coefficient (Wildman–Crippen LogP) is 0.427. The van der Waals surface area contributed by atoms with Gasteiger partial charge >= 0.3 is 6.18 Å². The molecule has 3 amide bonds. The lowest BCUT2D eigenvalue weighted by molar-refractivity contribution is -0.137. The van der Waals surface area contributed by atoms with Crippen LogP contribution in [0.5, 0.6) is 0 Å². The molecule has 0 radical (unpaired) electrons. The van der Waals surface area contributed by atoms with Crippen LogP contribution < -0.4 is 16.4 Å². The van der Waals surface area contributed by atoms with Gasteiger partial charge < -0.3 is 16.4 Å². The van der Waals surface area contributed by atoms with E-state index in [0.717, 1.165) is 12.1 Å². The molecule has 0 aliphatic heterocycles. The number of hydrogen-bond acceptors (Lipinski definition) is 3. The Morgan fingerprint density at radius 2 is 1.82 bits per heavy atom. The number of halogens is 3. The molecule has 0 fully saturated rings. The van der Waals surface area contributed by atoms with E-state index in [2.05, 4.69) is 10.6 Å². The number of alkyl halides is 3. The zero-order chi connectivity index (χ0) is 16.8. The minimum Gasteiger partial charge on any atom is -0.370 e. The Labute approximate surface area is 123 Å². The van der Waals surface area contributed by atoms with Crippen molar-refractivity contribution in [1.29, 1.82) is 0 Å².